The van der Waals surface area contributed by atoms with E-state index < -0.39 is 0 Å². The van der Waals surface area contributed by atoms with E-state index in [1.165, 1.54) is 5.01 Å². The second-order valence-corrected chi connectivity index (χ2v) is 1.83. The summed E-state index contributed by atoms with van der Waals surface area (Å²) in [4.78, 5) is 1.62. The first kappa shape index (κ1) is 7.23. The van der Waals surface area contributed by atoms with Gasteiger partial charge in [0.15, 0.2) is 0 Å². The van der Waals surface area contributed by atoms with Crippen LogP contribution in [0.15, 0.2) is 0 Å². The first-order valence-corrected chi connectivity index (χ1v) is 2.30. The van der Waals surface area contributed by atoms with Crippen molar-refractivity contribution in [2.75, 3.05) is 21.1 Å². The quantitative estimate of drug-likeness (QED) is 0.190. The summed E-state index contributed by atoms with van der Waals surface area (Å²) in [5.41, 5.74) is 0. The molecule has 0 aliphatic heterocycles. The second-order valence-electron chi connectivity index (χ2n) is 1.83. The Bertz CT molecular complexity index is 76.0. The van der Waals surface area contributed by atoms with Gasteiger partial charge in [0.25, 0.3) is 0 Å². The predicted molar refractivity (Wildman–Crippen MR) is 33.4 cm³/mol. The van der Waals surface area contributed by atoms with Gasteiger partial charge in [-0.15, -0.1) is 0 Å². The van der Waals surface area contributed by atoms with E-state index >= 15 is 0 Å². The number of nitrogens with zero attached hydrogens (tertiary/aromatic N) is 2. The van der Waals surface area contributed by atoms with Crippen LogP contribution in [0.25, 0.3) is 0 Å². The third kappa shape index (κ3) is 1.79. The van der Waals surface area contributed by atoms with Crippen molar-refractivity contribution in [3.63, 3.8) is 0 Å². The van der Waals surface area contributed by atoms with Crippen molar-refractivity contribution in [3.05, 3.63) is 0 Å². The van der Waals surface area contributed by atoms with Crippen LogP contribution in [0, 0.1) is 5.41 Å². The normalized spacial score (nSPS) is 8.50. The maximum absolute atomic E-state index is 7.12. The zero-order valence-electron chi connectivity index (χ0n) is 5.47. The van der Waals surface area contributed by atoms with E-state index in [1.54, 1.807) is 26.0 Å². The fourth-order valence-corrected chi connectivity index (χ4v) is 0.315. The molecule has 0 aromatic heterocycles. The van der Waals surface area contributed by atoms with Crippen molar-refractivity contribution < 1.29 is 0 Å². The van der Waals surface area contributed by atoms with E-state index in [9.17, 15) is 0 Å². The first-order valence-electron chi connectivity index (χ1n) is 2.30. The molecule has 48 valence electrons. The van der Waals surface area contributed by atoms with E-state index in [2.05, 4.69) is 0 Å². The van der Waals surface area contributed by atoms with Crippen LogP contribution in [0.5, 0.6) is 0 Å². The Balaban J connectivity index is 3.65. The van der Waals surface area contributed by atoms with Crippen LogP contribution in [0.3, 0.4) is 0 Å². The van der Waals surface area contributed by atoms with Crippen molar-refractivity contribution in [2.45, 2.75) is 0 Å². The third-order valence-corrected chi connectivity index (χ3v) is 0.758. The average molecular weight is 116 g/mol. The predicted octanol–water partition coefficient (Wildman–Crippen LogP) is -0.712. The topological polar surface area (TPSA) is 56.4 Å². The van der Waals surface area contributed by atoms with Crippen molar-refractivity contribution in [3.8, 4) is 0 Å². The van der Waals surface area contributed by atoms with Gasteiger partial charge < -0.3 is 4.90 Å². The van der Waals surface area contributed by atoms with Crippen molar-refractivity contribution >= 4 is 5.96 Å². The lowest BCUT2D eigenvalue weighted by molar-refractivity contribution is 0.435. The zero-order chi connectivity index (χ0) is 6.73. The van der Waals surface area contributed by atoms with Gasteiger partial charge in [-0.25, -0.2) is 5.84 Å². The van der Waals surface area contributed by atoms with Gasteiger partial charge in [-0.05, 0) is 0 Å². The van der Waals surface area contributed by atoms with E-state index in [4.69, 9.17) is 11.3 Å². The number of hydrogen-bond donors (Lipinski definition) is 2. The highest BCUT2D eigenvalue weighted by Crippen LogP contribution is 1.77. The maximum atomic E-state index is 7.12. The van der Waals surface area contributed by atoms with Crippen molar-refractivity contribution in [1.82, 2.24) is 9.91 Å². The highest BCUT2D eigenvalue weighted by molar-refractivity contribution is 5.75. The first-order chi connectivity index (χ1) is 3.55. The number of hydrazine groups is 1. The molecule has 0 unspecified atom stereocenters. The molecule has 0 saturated carbocycles. The molecule has 0 bridgehead atoms. The van der Waals surface area contributed by atoms with Crippen molar-refractivity contribution in [2.24, 2.45) is 5.84 Å². The van der Waals surface area contributed by atoms with Gasteiger partial charge in [0.05, 0.1) is 0 Å². The Morgan fingerprint density at radius 2 is 1.75 bits per heavy atom. The van der Waals surface area contributed by atoms with Crippen LogP contribution in [-0.2, 0) is 0 Å². The van der Waals surface area contributed by atoms with E-state index in [0.717, 1.165) is 0 Å². The molecule has 0 atom stereocenters. The summed E-state index contributed by atoms with van der Waals surface area (Å²) in [6, 6.07) is 0. The van der Waals surface area contributed by atoms with Crippen LogP contribution in [0.1, 0.15) is 0 Å². The summed E-state index contributed by atoms with van der Waals surface area (Å²) in [5, 5.41) is 8.38. The molecule has 4 nitrogen and oxygen atoms in total. The summed E-state index contributed by atoms with van der Waals surface area (Å²) >= 11 is 0. The Morgan fingerprint density at radius 3 is 1.75 bits per heavy atom. The molecule has 0 radical (unpaired) electrons. The summed E-state index contributed by atoms with van der Waals surface area (Å²) in [6.45, 7) is 0. The van der Waals surface area contributed by atoms with Crippen molar-refractivity contribution in [1.29, 1.82) is 5.41 Å². The number of hydrogen-bond acceptors (Lipinski definition) is 2. The van der Waals surface area contributed by atoms with Gasteiger partial charge >= 0.3 is 0 Å². The van der Waals surface area contributed by atoms with Crippen LogP contribution >= 0.6 is 0 Å². The van der Waals surface area contributed by atoms with E-state index in [-0.39, 0.29) is 0 Å². The lowest BCUT2D eigenvalue weighted by atomic mass is 10.8. The number of nitrogens with one attached hydrogen (secondary N) is 1. The molecule has 0 aromatic rings. The number of nitrogens with two attached hydrogens (primary N) is 1. The molecule has 0 rings (SSSR count). The van der Waals surface area contributed by atoms with E-state index in [0.29, 0.717) is 5.96 Å². The minimum Gasteiger partial charge on any atom is -0.348 e. The smallest absolute Gasteiger partial charge is 0.207 e. The average Bonchev–Trinajstić information content (AvgIpc) is 1.64. The summed E-state index contributed by atoms with van der Waals surface area (Å²) in [5.74, 6) is 5.50. The Kier molecular flexibility index (Phi) is 2.27. The van der Waals surface area contributed by atoms with Gasteiger partial charge in [-0.2, -0.15) is 0 Å². The summed E-state index contributed by atoms with van der Waals surface area (Å²) < 4.78 is 0. The molecule has 0 aliphatic carbocycles. The molecule has 0 fully saturated rings. The zero-order valence-corrected chi connectivity index (χ0v) is 5.47. The Labute approximate surface area is 49.3 Å². The number of guanidine groups is 1. The largest absolute Gasteiger partial charge is 0.348 e. The Hall–Kier alpha value is -0.770. The van der Waals surface area contributed by atoms with Crippen LogP contribution in [0.2, 0.25) is 0 Å². The molecule has 0 saturated heterocycles. The van der Waals surface area contributed by atoms with Gasteiger partial charge in [-0.1, -0.05) is 0 Å². The molecule has 3 N–H and O–H groups in total. The van der Waals surface area contributed by atoms with Gasteiger partial charge in [0, 0.05) is 21.1 Å². The summed E-state index contributed by atoms with van der Waals surface area (Å²) in [6.07, 6.45) is 0. The minimum atomic E-state index is 0.296. The van der Waals surface area contributed by atoms with Gasteiger partial charge in [0.1, 0.15) is 0 Å². The molecular weight excluding hydrogens is 104 g/mol. The molecule has 0 amide bonds. The van der Waals surface area contributed by atoms with Gasteiger partial charge in [-0.3, -0.25) is 10.4 Å². The lowest BCUT2D eigenvalue weighted by Crippen LogP contribution is -2.41. The van der Waals surface area contributed by atoms with E-state index in [1.807, 2.05) is 0 Å². The van der Waals surface area contributed by atoms with Crippen LogP contribution < -0.4 is 5.84 Å². The van der Waals surface area contributed by atoms with Crippen LogP contribution in [-0.4, -0.2) is 37.0 Å². The molecule has 8 heavy (non-hydrogen) atoms. The SMILES string of the molecule is CN(C)C(=N)N(C)N. The minimum absolute atomic E-state index is 0.296. The fraction of sp³-hybridized carbons (Fsp3) is 0.750. The summed E-state index contributed by atoms with van der Waals surface area (Å²) in [7, 11) is 5.17. The molecule has 0 aliphatic rings. The molecule has 0 aromatic carbocycles. The molecule has 0 heterocycles. The van der Waals surface area contributed by atoms with Crippen LogP contribution in [0.4, 0.5) is 0 Å². The molecule has 4 heteroatoms. The van der Waals surface area contributed by atoms with Gasteiger partial charge in [0.2, 0.25) is 5.96 Å². The highest BCUT2D eigenvalue weighted by atomic mass is 15.5. The third-order valence-electron chi connectivity index (χ3n) is 0.758. The molecular formula is C4H12N4. The highest BCUT2D eigenvalue weighted by Gasteiger charge is 1.98. The monoisotopic (exact) mass is 116 g/mol. The molecule has 0 spiro atoms. The standard InChI is InChI=1S/C4H12N4/c1-7(2)4(5)8(3)6/h5H,6H2,1-3H3. The fourth-order valence-electron chi connectivity index (χ4n) is 0.315. The number of rotatable bonds is 0. The lowest BCUT2D eigenvalue weighted by Gasteiger charge is -2.19. The second kappa shape index (κ2) is 2.52. The maximum Gasteiger partial charge on any atom is 0.207 e. The Morgan fingerprint density at radius 1 is 1.38 bits per heavy atom.